The van der Waals surface area contributed by atoms with Crippen LogP contribution in [0.1, 0.15) is 34.1 Å². The quantitative estimate of drug-likeness (QED) is 0.703. The maximum atomic E-state index is 12.8. The number of imide groups is 1. The lowest BCUT2D eigenvalue weighted by Crippen LogP contribution is -2.33. The van der Waals surface area contributed by atoms with Gasteiger partial charge in [-0.2, -0.15) is 0 Å². The van der Waals surface area contributed by atoms with Gasteiger partial charge in [-0.05, 0) is 43.9 Å². The first-order valence-electron chi connectivity index (χ1n) is 9.02. The van der Waals surface area contributed by atoms with E-state index in [0.29, 0.717) is 10.6 Å². The Morgan fingerprint density at radius 2 is 2.07 bits per heavy atom. The normalized spacial score (nSPS) is 16.7. The van der Waals surface area contributed by atoms with E-state index in [1.54, 1.807) is 6.92 Å². The third-order valence-corrected chi connectivity index (χ3v) is 6.92. The van der Waals surface area contributed by atoms with E-state index in [1.165, 1.54) is 23.1 Å². The fourth-order valence-corrected chi connectivity index (χ4v) is 5.64. The molecule has 28 heavy (non-hydrogen) atoms. The van der Waals surface area contributed by atoms with Crippen LogP contribution in [0.5, 0.6) is 0 Å². The third kappa shape index (κ3) is 3.59. The molecule has 2 aliphatic rings. The van der Waals surface area contributed by atoms with Crippen molar-refractivity contribution < 1.29 is 19.1 Å². The van der Waals surface area contributed by atoms with Gasteiger partial charge in [-0.15, -0.1) is 11.3 Å². The minimum absolute atomic E-state index is 0.176. The zero-order chi connectivity index (χ0) is 19.7. The molecule has 9 heteroatoms. The summed E-state index contributed by atoms with van der Waals surface area (Å²) < 4.78 is 4.80. The Morgan fingerprint density at radius 3 is 2.86 bits per heavy atom. The highest BCUT2D eigenvalue weighted by Gasteiger charge is 2.32. The van der Waals surface area contributed by atoms with Crippen molar-refractivity contribution in [3.63, 3.8) is 0 Å². The summed E-state index contributed by atoms with van der Waals surface area (Å²) in [6, 6.07) is 7.72. The van der Waals surface area contributed by atoms with Gasteiger partial charge in [0.05, 0.1) is 12.2 Å². The van der Waals surface area contributed by atoms with Crippen molar-refractivity contribution in [2.24, 2.45) is 0 Å². The lowest BCUT2D eigenvalue weighted by atomic mass is 10.1. The average Bonchev–Trinajstić information content (AvgIpc) is 3.35. The molecule has 1 unspecified atom stereocenters. The first kappa shape index (κ1) is 18.8. The molecule has 0 spiro atoms. The molecule has 1 aromatic carbocycles. The first-order valence-corrected chi connectivity index (χ1v) is 10.7. The zero-order valence-electron chi connectivity index (χ0n) is 15.2. The number of rotatable bonds is 4. The molecule has 2 aromatic rings. The number of carbonyl (C=O) groups is 3. The number of thioether (sulfide) groups is 1. The summed E-state index contributed by atoms with van der Waals surface area (Å²) in [6.07, 6.45) is 1.81. The number of benzene rings is 1. The lowest BCUT2D eigenvalue weighted by Gasteiger charge is -2.12. The van der Waals surface area contributed by atoms with Crippen molar-refractivity contribution in [1.29, 1.82) is 0 Å². The number of hydrogen-bond acceptors (Lipinski definition) is 7. The second-order valence-corrected chi connectivity index (χ2v) is 8.62. The van der Waals surface area contributed by atoms with Crippen LogP contribution >= 0.6 is 23.1 Å². The molecule has 1 aliphatic heterocycles. The van der Waals surface area contributed by atoms with Crippen molar-refractivity contribution in [3.05, 3.63) is 40.3 Å². The van der Waals surface area contributed by atoms with E-state index in [0.717, 1.165) is 40.3 Å². The summed E-state index contributed by atoms with van der Waals surface area (Å²) in [5, 5.41) is 8.32. The number of ether oxygens (including phenoxy) is 1. The molecule has 146 valence electrons. The summed E-state index contributed by atoms with van der Waals surface area (Å²) in [5.41, 5.74) is 2.21. The van der Waals surface area contributed by atoms with Crippen LogP contribution in [0.4, 0.5) is 15.5 Å². The number of nitrogens with one attached hydrogen (secondary N) is 3. The molecule has 0 bridgehead atoms. The molecule has 1 atom stereocenters. The molecule has 0 fully saturated rings. The average molecular weight is 418 g/mol. The van der Waals surface area contributed by atoms with Crippen LogP contribution in [0, 0.1) is 0 Å². The lowest BCUT2D eigenvalue weighted by molar-refractivity contribution is -0.115. The van der Waals surface area contributed by atoms with Crippen LogP contribution in [-0.2, 0) is 22.4 Å². The van der Waals surface area contributed by atoms with E-state index < -0.39 is 17.4 Å². The molecule has 1 aromatic heterocycles. The Kier molecular flexibility index (Phi) is 5.27. The number of amides is 3. The number of fused-ring (bicyclic) bond motifs is 2. The highest BCUT2D eigenvalue weighted by molar-refractivity contribution is 8.01. The largest absolute Gasteiger partial charge is 0.450 e. The Balaban J connectivity index is 1.53. The van der Waals surface area contributed by atoms with Crippen molar-refractivity contribution in [3.8, 4) is 0 Å². The first-order chi connectivity index (χ1) is 13.6. The van der Waals surface area contributed by atoms with E-state index in [-0.39, 0.29) is 12.5 Å². The molecule has 0 saturated heterocycles. The second kappa shape index (κ2) is 7.84. The van der Waals surface area contributed by atoms with Crippen LogP contribution in [0.25, 0.3) is 0 Å². The molecule has 2 heterocycles. The van der Waals surface area contributed by atoms with Crippen molar-refractivity contribution in [2.45, 2.75) is 36.5 Å². The molecule has 4 rings (SSSR count). The molecule has 1 aliphatic carbocycles. The highest BCUT2D eigenvalue weighted by atomic mass is 32.2. The standard InChI is InChI=1S/C19H19N3O4S2/c1-2-26-19(25)22-15(23)14-10-6-5-9-12(10)27-17(14)21-16(24)18-20-11-7-3-4-8-13(11)28-18/h3-4,7-8,18,20H,2,5-6,9H2,1H3,(H,21,24)(H,22,23,25). The van der Waals surface area contributed by atoms with E-state index in [9.17, 15) is 14.4 Å². The van der Waals surface area contributed by atoms with Crippen LogP contribution < -0.4 is 16.0 Å². The molecular weight excluding hydrogens is 398 g/mol. The molecule has 0 radical (unpaired) electrons. The fraction of sp³-hybridized carbons (Fsp3) is 0.316. The molecular formula is C19H19N3O4S2. The number of alkyl carbamates (subject to hydrolysis) is 1. The van der Waals surface area contributed by atoms with Gasteiger partial charge in [0.2, 0.25) is 0 Å². The summed E-state index contributed by atoms with van der Waals surface area (Å²) in [4.78, 5) is 39.2. The number of hydrogen-bond donors (Lipinski definition) is 3. The van der Waals surface area contributed by atoms with Crippen LogP contribution in [0.3, 0.4) is 0 Å². The number of anilines is 2. The van der Waals surface area contributed by atoms with Crippen molar-refractivity contribution in [1.82, 2.24) is 5.32 Å². The molecule has 3 N–H and O–H groups in total. The monoisotopic (exact) mass is 417 g/mol. The number of aryl methyl sites for hydroxylation is 1. The van der Waals surface area contributed by atoms with Gasteiger partial charge in [0, 0.05) is 15.5 Å². The third-order valence-electron chi connectivity index (χ3n) is 4.53. The van der Waals surface area contributed by atoms with Gasteiger partial charge in [-0.1, -0.05) is 23.9 Å². The van der Waals surface area contributed by atoms with E-state index in [1.807, 2.05) is 24.3 Å². The van der Waals surface area contributed by atoms with Gasteiger partial charge >= 0.3 is 6.09 Å². The SMILES string of the molecule is CCOC(=O)NC(=O)c1c(NC(=O)C2Nc3ccccc3S2)sc2c1CCC2. The maximum Gasteiger partial charge on any atom is 0.414 e. The number of para-hydroxylation sites is 1. The zero-order valence-corrected chi connectivity index (χ0v) is 16.8. The van der Waals surface area contributed by atoms with Crippen LogP contribution in [-0.4, -0.2) is 29.9 Å². The predicted molar refractivity (Wildman–Crippen MR) is 109 cm³/mol. The summed E-state index contributed by atoms with van der Waals surface area (Å²) in [7, 11) is 0. The number of thiophene rings is 1. The Morgan fingerprint density at radius 1 is 1.25 bits per heavy atom. The fourth-order valence-electron chi connectivity index (χ4n) is 3.34. The Labute approximate surface area is 170 Å². The van der Waals surface area contributed by atoms with Crippen LogP contribution in [0.2, 0.25) is 0 Å². The topological polar surface area (TPSA) is 96.5 Å². The van der Waals surface area contributed by atoms with Gasteiger partial charge in [0.15, 0.2) is 5.37 Å². The molecule has 7 nitrogen and oxygen atoms in total. The minimum atomic E-state index is -0.786. The van der Waals surface area contributed by atoms with E-state index in [4.69, 9.17) is 4.74 Å². The second-order valence-electron chi connectivity index (χ2n) is 6.36. The summed E-state index contributed by atoms with van der Waals surface area (Å²) >= 11 is 2.84. The Bertz CT molecular complexity index is 932. The van der Waals surface area contributed by atoms with Gasteiger partial charge in [0.1, 0.15) is 5.00 Å². The molecule has 3 amide bonds. The van der Waals surface area contributed by atoms with Crippen molar-refractivity contribution in [2.75, 3.05) is 17.2 Å². The predicted octanol–water partition coefficient (Wildman–Crippen LogP) is 3.61. The van der Waals surface area contributed by atoms with Crippen molar-refractivity contribution >= 4 is 51.7 Å². The Hall–Kier alpha value is -2.52. The van der Waals surface area contributed by atoms with Gasteiger partial charge in [-0.25, -0.2) is 4.79 Å². The van der Waals surface area contributed by atoms with E-state index >= 15 is 0 Å². The molecule has 0 saturated carbocycles. The minimum Gasteiger partial charge on any atom is -0.450 e. The van der Waals surface area contributed by atoms with Gasteiger partial charge < -0.3 is 15.4 Å². The smallest absolute Gasteiger partial charge is 0.414 e. The summed E-state index contributed by atoms with van der Waals surface area (Å²) in [5.74, 6) is -0.769. The van der Waals surface area contributed by atoms with Gasteiger partial charge in [0.25, 0.3) is 11.8 Å². The number of carbonyl (C=O) groups excluding carboxylic acids is 3. The highest BCUT2D eigenvalue weighted by Crippen LogP contribution is 2.41. The van der Waals surface area contributed by atoms with Crippen LogP contribution in [0.15, 0.2) is 29.2 Å². The van der Waals surface area contributed by atoms with Gasteiger partial charge in [-0.3, -0.25) is 14.9 Å². The maximum absolute atomic E-state index is 12.8. The van der Waals surface area contributed by atoms with E-state index in [2.05, 4.69) is 16.0 Å². The summed E-state index contributed by atoms with van der Waals surface area (Å²) in [6.45, 7) is 1.85.